The Labute approximate surface area is 171 Å². The van der Waals surface area contributed by atoms with Gasteiger partial charge in [0, 0.05) is 10.6 Å². The Morgan fingerprint density at radius 1 is 1.07 bits per heavy atom. The molecule has 2 amide bonds. The predicted molar refractivity (Wildman–Crippen MR) is 105 cm³/mol. The summed E-state index contributed by atoms with van der Waals surface area (Å²) in [6, 6.07) is 14.4. The van der Waals surface area contributed by atoms with Crippen molar-refractivity contribution < 1.29 is 23.9 Å². The fraction of sp³-hybridized carbons (Fsp3) is 0.100. The number of nitriles is 1. The lowest BCUT2D eigenvalue weighted by atomic mass is 10.1. The lowest BCUT2D eigenvalue weighted by Crippen LogP contribution is -2.43. The smallest absolute Gasteiger partial charge is 0.349 e. The van der Waals surface area contributed by atoms with Crippen LogP contribution in [-0.2, 0) is 14.3 Å². The molecule has 2 aromatic rings. The number of nitrogens with one attached hydrogen (secondary N) is 2. The minimum absolute atomic E-state index is 0.279. The maximum Gasteiger partial charge on any atom is 0.349 e. The lowest BCUT2D eigenvalue weighted by molar-refractivity contribution is -0.144. The summed E-state index contributed by atoms with van der Waals surface area (Å²) in [5, 5.41) is 9.60. The number of methoxy groups -OCH3 is 1. The van der Waals surface area contributed by atoms with Crippen molar-refractivity contribution in [3.63, 3.8) is 0 Å². The second kappa shape index (κ2) is 10.5. The van der Waals surface area contributed by atoms with E-state index in [0.29, 0.717) is 16.3 Å². The Balaban J connectivity index is 1.85. The van der Waals surface area contributed by atoms with Gasteiger partial charge in [-0.1, -0.05) is 23.7 Å². The van der Waals surface area contributed by atoms with Gasteiger partial charge in [0.2, 0.25) is 0 Å². The first kappa shape index (κ1) is 21.5. The van der Waals surface area contributed by atoms with Crippen LogP contribution in [0, 0.1) is 11.3 Å². The SMILES string of the molecule is COc1ccc(/C=C(\C#N)C(=O)OCC(=O)NNC(=O)c2ccc(Cl)cc2)cc1. The quantitative estimate of drug-likeness (QED) is 0.324. The number of benzene rings is 2. The number of carbonyl (C=O) groups excluding carboxylic acids is 3. The molecule has 2 rings (SSSR count). The normalized spacial score (nSPS) is 10.4. The number of hydrogen-bond acceptors (Lipinski definition) is 6. The van der Waals surface area contributed by atoms with Crippen LogP contribution in [0.3, 0.4) is 0 Å². The standard InChI is InChI=1S/C20H16ClN3O5/c1-28-17-8-2-13(3-9-17)10-15(11-22)20(27)29-12-18(25)23-24-19(26)14-4-6-16(21)7-5-14/h2-10H,12H2,1H3,(H,23,25)(H,24,26)/b15-10+. The Morgan fingerprint density at radius 2 is 1.72 bits per heavy atom. The maximum atomic E-state index is 12.0. The summed E-state index contributed by atoms with van der Waals surface area (Å²) in [5.74, 6) is -1.69. The van der Waals surface area contributed by atoms with Gasteiger partial charge in [-0.2, -0.15) is 5.26 Å². The maximum absolute atomic E-state index is 12.0. The van der Waals surface area contributed by atoms with Gasteiger partial charge in [-0.3, -0.25) is 20.4 Å². The van der Waals surface area contributed by atoms with Crippen LogP contribution < -0.4 is 15.6 Å². The van der Waals surface area contributed by atoms with Crippen molar-refractivity contribution in [2.45, 2.75) is 0 Å². The average molecular weight is 414 g/mol. The molecule has 0 unspecified atom stereocenters. The van der Waals surface area contributed by atoms with E-state index in [2.05, 4.69) is 10.9 Å². The Hall–Kier alpha value is -3.83. The first-order valence-electron chi connectivity index (χ1n) is 8.20. The van der Waals surface area contributed by atoms with Crippen LogP contribution in [0.5, 0.6) is 5.75 Å². The molecule has 0 saturated carbocycles. The van der Waals surface area contributed by atoms with Crippen LogP contribution in [0.4, 0.5) is 0 Å². The fourth-order valence-electron chi connectivity index (χ4n) is 2.05. The van der Waals surface area contributed by atoms with Gasteiger partial charge in [0.1, 0.15) is 17.4 Å². The second-order valence-corrected chi connectivity index (χ2v) is 5.96. The highest BCUT2D eigenvalue weighted by Gasteiger charge is 2.14. The van der Waals surface area contributed by atoms with Crippen molar-refractivity contribution in [2.24, 2.45) is 0 Å². The largest absolute Gasteiger partial charge is 0.497 e. The van der Waals surface area contributed by atoms with Crippen LogP contribution in [0.15, 0.2) is 54.1 Å². The van der Waals surface area contributed by atoms with Crippen LogP contribution in [0.2, 0.25) is 5.02 Å². The van der Waals surface area contributed by atoms with E-state index in [0.717, 1.165) is 0 Å². The minimum atomic E-state index is -0.970. The number of esters is 1. The zero-order valence-electron chi connectivity index (χ0n) is 15.3. The molecule has 9 heteroatoms. The van der Waals surface area contributed by atoms with Crippen molar-refractivity contribution in [1.82, 2.24) is 10.9 Å². The topological polar surface area (TPSA) is 118 Å². The summed E-state index contributed by atoms with van der Waals surface area (Å²) in [5.41, 5.74) is 4.85. The van der Waals surface area contributed by atoms with Gasteiger partial charge in [-0.15, -0.1) is 0 Å². The molecule has 0 atom stereocenters. The highest BCUT2D eigenvalue weighted by atomic mass is 35.5. The van der Waals surface area contributed by atoms with E-state index in [1.165, 1.54) is 37.5 Å². The van der Waals surface area contributed by atoms with E-state index >= 15 is 0 Å². The third kappa shape index (κ3) is 6.68. The molecule has 148 valence electrons. The summed E-state index contributed by atoms with van der Waals surface area (Å²) in [7, 11) is 1.52. The van der Waals surface area contributed by atoms with E-state index in [1.807, 2.05) is 0 Å². The van der Waals surface area contributed by atoms with Gasteiger partial charge in [-0.25, -0.2) is 4.79 Å². The molecular formula is C20H16ClN3O5. The molecule has 0 aliphatic heterocycles. The molecular weight excluding hydrogens is 398 g/mol. The summed E-state index contributed by atoms with van der Waals surface area (Å²) < 4.78 is 9.82. The van der Waals surface area contributed by atoms with Crippen LogP contribution >= 0.6 is 11.6 Å². The van der Waals surface area contributed by atoms with Crippen molar-refractivity contribution in [1.29, 1.82) is 5.26 Å². The van der Waals surface area contributed by atoms with E-state index in [9.17, 15) is 14.4 Å². The van der Waals surface area contributed by atoms with Gasteiger partial charge in [-0.05, 0) is 48.0 Å². The molecule has 0 aromatic heterocycles. The molecule has 0 aliphatic rings. The zero-order chi connectivity index (χ0) is 21.2. The Morgan fingerprint density at radius 3 is 2.31 bits per heavy atom. The monoisotopic (exact) mass is 413 g/mol. The zero-order valence-corrected chi connectivity index (χ0v) is 16.0. The first-order valence-corrected chi connectivity index (χ1v) is 8.58. The number of rotatable bonds is 6. The second-order valence-electron chi connectivity index (χ2n) is 5.53. The Kier molecular flexibility index (Phi) is 7.77. The number of hydrogen-bond donors (Lipinski definition) is 2. The molecule has 2 aromatic carbocycles. The number of amides is 2. The molecule has 0 bridgehead atoms. The van der Waals surface area contributed by atoms with Crippen molar-refractivity contribution in [2.75, 3.05) is 13.7 Å². The third-order valence-electron chi connectivity index (χ3n) is 3.52. The number of nitrogens with zero attached hydrogens (tertiary/aromatic N) is 1. The number of halogens is 1. The van der Waals surface area contributed by atoms with E-state index in [4.69, 9.17) is 26.3 Å². The predicted octanol–water partition coefficient (Wildman–Crippen LogP) is 2.26. The minimum Gasteiger partial charge on any atom is -0.497 e. The molecule has 8 nitrogen and oxygen atoms in total. The fourth-order valence-corrected chi connectivity index (χ4v) is 2.17. The lowest BCUT2D eigenvalue weighted by Gasteiger charge is -2.08. The van der Waals surface area contributed by atoms with Crippen LogP contribution in [0.25, 0.3) is 6.08 Å². The molecule has 0 aliphatic carbocycles. The molecule has 0 spiro atoms. The number of ether oxygens (including phenoxy) is 2. The van der Waals surface area contributed by atoms with Crippen molar-refractivity contribution in [3.8, 4) is 11.8 Å². The van der Waals surface area contributed by atoms with Crippen LogP contribution in [-0.4, -0.2) is 31.5 Å². The summed E-state index contributed by atoms with van der Waals surface area (Å²) in [6.45, 7) is -0.679. The van der Waals surface area contributed by atoms with Gasteiger partial charge >= 0.3 is 5.97 Å². The molecule has 0 radical (unpaired) electrons. The molecule has 29 heavy (non-hydrogen) atoms. The summed E-state index contributed by atoms with van der Waals surface area (Å²) in [6.07, 6.45) is 1.32. The Bertz CT molecular complexity index is 963. The van der Waals surface area contributed by atoms with Gasteiger partial charge in [0.15, 0.2) is 6.61 Å². The van der Waals surface area contributed by atoms with E-state index in [-0.39, 0.29) is 11.1 Å². The van der Waals surface area contributed by atoms with Gasteiger partial charge < -0.3 is 9.47 Å². The van der Waals surface area contributed by atoms with E-state index < -0.39 is 24.4 Å². The van der Waals surface area contributed by atoms with Crippen LogP contribution in [0.1, 0.15) is 15.9 Å². The van der Waals surface area contributed by atoms with Gasteiger partial charge in [0.05, 0.1) is 7.11 Å². The summed E-state index contributed by atoms with van der Waals surface area (Å²) >= 11 is 5.73. The van der Waals surface area contributed by atoms with E-state index in [1.54, 1.807) is 30.3 Å². The average Bonchev–Trinajstić information content (AvgIpc) is 2.75. The molecule has 0 saturated heterocycles. The first-order chi connectivity index (χ1) is 13.9. The highest BCUT2D eigenvalue weighted by molar-refractivity contribution is 6.30. The highest BCUT2D eigenvalue weighted by Crippen LogP contribution is 2.14. The third-order valence-corrected chi connectivity index (χ3v) is 3.78. The van der Waals surface area contributed by atoms with Gasteiger partial charge in [0.25, 0.3) is 11.8 Å². The van der Waals surface area contributed by atoms with Crippen molar-refractivity contribution >= 4 is 35.5 Å². The number of carbonyl (C=O) groups is 3. The molecule has 2 N–H and O–H groups in total. The van der Waals surface area contributed by atoms with Crippen molar-refractivity contribution in [3.05, 3.63) is 70.3 Å². The molecule has 0 fully saturated rings. The summed E-state index contributed by atoms with van der Waals surface area (Å²) in [4.78, 5) is 35.6. The molecule has 0 heterocycles. The number of hydrazine groups is 1.